The molecular weight excluding hydrogens is 382 g/mol. The molecule has 0 aliphatic carbocycles. The van der Waals surface area contributed by atoms with E-state index in [0.717, 1.165) is 11.1 Å². The van der Waals surface area contributed by atoms with Gasteiger partial charge in [-0.1, -0.05) is 60.1 Å². The predicted octanol–water partition coefficient (Wildman–Crippen LogP) is 2.17. The molecule has 0 aromatic heterocycles. The topological polar surface area (TPSA) is 111 Å². The number of esters is 1. The third-order valence-electron chi connectivity index (χ3n) is 3.96. The van der Waals surface area contributed by atoms with Crippen LogP contribution >= 0.6 is 11.6 Å². The van der Waals surface area contributed by atoms with Gasteiger partial charge in [0.1, 0.15) is 6.04 Å². The van der Waals surface area contributed by atoms with Crippen molar-refractivity contribution >= 4 is 29.5 Å². The number of hydrogen-bond acceptors (Lipinski definition) is 4. The summed E-state index contributed by atoms with van der Waals surface area (Å²) >= 11 is 6.05. The minimum atomic E-state index is -1.05. The first-order valence-electron chi connectivity index (χ1n) is 8.68. The highest BCUT2D eigenvalue weighted by Crippen LogP contribution is 2.14. The Bertz CT molecular complexity index is 829. The van der Waals surface area contributed by atoms with Gasteiger partial charge in [0.2, 0.25) is 0 Å². The Kier molecular flexibility index (Phi) is 7.83. The van der Waals surface area contributed by atoms with Gasteiger partial charge in [0, 0.05) is 18.0 Å². The minimum Gasteiger partial charge on any atom is -0.451 e. The summed E-state index contributed by atoms with van der Waals surface area (Å²) in [6, 6.07) is 14.3. The van der Waals surface area contributed by atoms with Gasteiger partial charge in [0.25, 0.3) is 5.91 Å². The normalized spacial score (nSPS) is 12.5. The summed E-state index contributed by atoms with van der Waals surface area (Å²) in [7, 11) is 0. The summed E-state index contributed by atoms with van der Waals surface area (Å²) in [4.78, 5) is 35.9. The SMILES string of the molecule is C[C@H](OC(=O)[C@H](Cc1ccccc1)NC(N)=O)C(=O)NCc1ccccc1Cl. The molecule has 0 unspecified atom stereocenters. The Labute approximate surface area is 168 Å². The molecule has 0 aliphatic rings. The first kappa shape index (κ1) is 21.2. The van der Waals surface area contributed by atoms with Gasteiger partial charge in [0.15, 0.2) is 6.10 Å². The summed E-state index contributed by atoms with van der Waals surface area (Å²) in [5.74, 6) is -1.23. The summed E-state index contributed by atoms with van der Waals surface area (Å²) in [5.41, 5.74) is 6.71. The Hall–Kier alpha value is -3.06. The molecule has 0 saturated heterocycles. The maximum atomic E-state index is 12.4. The maximum Gasteiger partial charge on any atom is 0.329 e. The molecule has 7 nitrogen and oxygen atoms in total. The molecule has 148 valence electrons. The van der Waals surface area contributed by atoms with Gasteiger partial charge in [0.05, 0.1) is 0 Å². The minimum absolute atomic E-state index is 0.191. The smallest absolute Gasteiger partial charge is 0.329 e. The van der Waals surface area contributed by atoms with E-state index < -0.39 is 30.1 Å². The largest absolute Gasteiger partial charge is 0.451 e. The highest BCUT2D eigenvalue weighted by molar-refractivity contribution is 6.31. The van der Waals surface area contributed by atoms with Gasteiger partial charge < -0.3 is 21.1 Å². The fourth-order valence-corrected chi connectivity index (χ4v) is 2.70. The zero-order chi connectivity index (χ0) is 20.5. The van der Waals surface area contributed by atoms with Gasteiger partial charge in [-0.2, -0.15) is 0 Å². The summed E-state index contributed by atoms with van der Waals surface area (Å²) in [6.45, 7) is 1.65. The zero-order valence-corrected chi connectivity index (χ0v) is 16.1. The van der Waals surface area contributed by atoms with Crippen LogP contribution in [0, 0.1) is 0 Å². The fraction of sp³-hybridized carbons (Fsp3) is 0.250. The van der Waals surface area contributed by atoms with Crippen LogP contribution in [-0.2, 0) is 27.3 Å². The van der Waals surface area contributed by atoms with E-state index in [9.17, 15) is 14.4 Å². The summed E-state index contributed by atoms with van der Waals surface area (Å²) < 4.78 is 5.21. The molecule has 2 rings (SSSR count). The van der Waals surface area contributed by atoms with Crippen molar-refractivity contribution in [3.63, 3.8) is 0 Å². The molecule has 2 atom stereocenters. The number of hydrogen-bond donors (Lipinski definition) is 3. The van der Waals surface area contributed by atoms with Crippen molar-refractivity contribution < 1.29 is 19.1 Å². The quantitative estimate of drug-likeness (QED) is 0.586. The van der Waals surface area contributed by atoms with Crippen LogP contribution in [0.4, 0.5) is 4.79 Å². The van der Waals surface area contributed by atoms with Gasteiger partial charge in [-0.05, 0) is 24.1 Å². The highest BCUT2D eigenvalue weighted by Gasteiger charge is 2.26. The third-order valence-corrected chi connectivity index (χ3v) is 4.33. The van der Waals surface area contributed by atoms with Crippen molar-refractivity contribution in [2.45, 2.75) is 32.0 Å². The molecule has 3 amide bonds. The van der Waals surface area contributed by atoms with E-state index in [0.29, 0.717) is 5.02 Å². The maximum absolute atomic E-state index is 12.4. The average molecular weight is 404 g/mol. The molecule has 0 aliphatic heterocycles. The van der Waals surface area contributed by atoms with E-state index in [1.165, 1.54) is 6.92 Å². The van der Waals surface area contributed by atoms with E-state index >= 15 is 0 Å². The number of amides is 3. The van der Waals surface area contributed by atoms with Crippen LogP contribution in [0.1, 0.15) is 18.1 Å². The van der Waals surface area contributed by atoms with Gasteiger partial charge in [-0.3, -0.25) is 4.79 Å². The Morgan fingerprint density at radius 3 is 2.36 bits per heavy atom. The lowest BCUT2D eigenvalue weighted by molar-refractivity contribution is -0.156. The number of benzene rings is 2. The summed E-state index contributed by atoms with van der Waals surface area (Å²) in [5, 5.41) is 5.54. The molecule has 0 heterocycles. The molecule has 0 radical (unpaired) electrons. The van der Waals surface area contributed by atoms with Crippen LogP contribution in [0.15, 0.2) is 54.6 Å². The second-order valence-corrected chi connectivity index (χ2v) is 6.55. The number of carbonyl (C=O) groups is 3. The standard InChI is InChI=1S/C20H22ClN3O4/c1-13(18(25)23-12-15-9-5-6-10-16(15)21)28-19(26)17(24-20(22)27)11-14-7-3-2-4-8-14/h2-10,13,17H,11-12H2,1H3,(H,23,25)(H3,22,24,27)/t13-,17-/m0/s1. The van der Waals surface area contributed by atoms with Crippen LogP contribution < -0.4 is 16.4 Å². The lowest BCUT2D eigenvalue weighted by atomic mass is 10.1. The van der Waals surface area contributed by atoms with Gasteiger partial charge in [-0.15, -0.1) is 0 Å². The van der Waals surface area contributed by atoms with Crippen LogP contribution in [0.3, 0.4) is 0 Å². The molecule has 28 heavy (non-hydrogen) atoms. The Balaban J connectivity index is 1.94. The van der Waals surface area contributed by atoms with E-state index in [1.54, 1.807) is 24.3 Å². The van der Waals surface area contributed by atoms with Crippen LogP contribution in [-0.4, -0.2) is 30.1 Å². The monoisotopic (exact) mass is 403 g/mol. The Morgan fingerprint density at radius 2 is 1.71 bits per heavy atom. The molecular formula is C20H22ClN3O4. The van der Waals surface area contributed by atoms with Crippen molar-refractivity contribution in [3.8, 4) is 0 Å². The molecule has 8 heteroatoms. The third kappa shape index (κ3) is 6.59. The van der Waals surface area contributed by atoms with Gasteiger partial charge >= 0.3 is 12.0 Å². The van der Waals surface area contributed by atoms with Crippen molar-refractivity contribution in [2.24, 2.45) is 5.73 Å². The van der Waals surface area contributed by atoms with Crippen LogP contribution in [0.2, 0.25) is 5.02 Å². The molecule has 2 aromatic carbocycles. The Morgan fingerprint density at radius 1 is 1.07 bits per heavy atom. The molecule has 2 aromatic rings. The van der Waals surface area contributed by atoms with Crippen LogP contribution in [0.25, 0.3) is 0 Å². The van der Waals surface area contributed by atoms with E-state index in [4.69, 9.17) is 22.1 Å². The number of nitrogens with two attached hydrogens (primary N) is 1. The second kappa shape index (κ2) is 10.3. The number of rotatable bonds is 8. The van der Waals surface area contributed by atoms with Crippen molar-refractivity contribution in [1.82, 2.24) is 10.6 Å². The molecule has 0 fully saturated rings. The molecule has 4 N–H and O–H groups in total. The number of halogens is 1. The average Bonchev–Trinajstić information content (AvgIpc) is 2.67. The van der Waals surface area contributed by atoms with Crippen molar-refractivity contribution in [2.75, 3.05) is 0 Å². The lowest BCUT2D eigenvalue weighted by Crippen LogP contribution is -2.47. The first-order chi connectivity index (χ1) is 13.4. The van der Waals surface area contributed by atoms with Crippen LogP contribution in [0.5, 0.6) is 0 Å². The van der Waals surface area contributed by atoms with E-state index in [1.807, 2.05) is 30.3 Å². The van der Waals surface area contributed by atoms with E-state index in [-0.39, 0.29) is 13.0 Å². The first-order valence-corrected chi connectivity index (χ1v) is 9.06. The molecule has 0 saturated carbocycles. The number of urea groups is 1. The second-order valence-electron chi connectivity index (χ2n) is 6.14. The number of nitrogens with one attached hydrogen (secondary N) is 2. The molecule has 0 bridgehead atoms. The fourth-order valence-electron chi connectivity index (χ4n) is 2.49. The van der Waals surface area contributed by atoms with Crippen molar-refractivity contribution in [3.05, 3.63) is 70.7 Å². The predicted molar refractivity (Wildman–Crippen MR) is 106 cm³/mol. The number of ether oxygens (including phenoxy) is 1. The van der Waals surface area contributed by atoms with Crippen molar-refractivity contribution in [1.29, 1.82) is 0 Å². The van der Waals surface area contributed by atoms with Gasteiger partial charge in [-0.25, -0.2) is 9.59 Å². The summed E-state index contributed by atoms with van der Waals surface area (Å²) in [6.07, 6.45) is -0.862. The number of primary amides is 1. The zero-order valence-electron chi connectivity index (χ0n) is 15.4. The lowest BCUT2D eigenvalue weighted by Gasteiger charge is -2.20. The molecule has 0 spiro atoms. The van der Waals surface area contributed by atoms with E-state index in [2.05, 4.69) is 10.6 Å². The number of carbonyl (C=O) groups excluding carboxylic acids is 3. The highest BCUT2D eigenvalue weighted by atomic mass is 35.5.